The van der Waals surface area contributed by atoms with Gasteiger partial charge in [0.05, 0.1) is 4.90 Å². The Morgan fingerprint density at radius 3 is 2.40 bits per heavy atom. The monoisotopic (exact) mass is 366 g/mol. The molecule has 2 aromatic carbocycles. The Morgan fingerprint density at radius 1 is 1.08 bits per heavy atom. The lowest BCUT2D eigenvalue weighted by Crippen LogP contribution is -2.22. The van der Waals surface area contributed by atoms with Crippen LogP contribution >= 0.6 is 0 Å². The van der Waals surface area contributed by atoms with E-state index in [1.807, 2.05) is 18.2 Å². The van der Waals surface area contributed by atoms with Crippen molar-refractivity contribution < 1.29 is 17.2 Å². The highest BCUT2D eigenvalue weighted by Gasteiger charge is 2.26. The van der Waals surface area contributed by atoms with E-state index in [4.69, 9.17) is 0 Å². The van der Waals surface area contributed by atoms with E-state index in [9.17, 15) is 17.2 Å². The third-order valence-electron chi connectivity index (χ3n) is 4.42. The number of nitrogens with one attached hydrogen (secondary N) is 1. The van der Waals surface area contributed by atoms with Gasteiger partial charge in [-0.15, -0.1) is 0 Å². The van der Waals surface area contributed by atoms with Crippen molar-refractivity contribution in [1.82, 2.24) is 0 Å². The molecule has 2 aromatic rings. The highest BCUT2D eigenvalue weighted by molar-refractivity contribution is 7.91. The summed E-state index contributed by atoms with van der Waals surface area (Å²) in [6.45, 7) is 2.71. The SMILES string of the molecule is O=S(=O)(c1ccc(NC[C@@H]2CCN(c3ccccc3)C2)cc1)C(F)F. The topological polar surface area (TPSA) is 49.4 Å². The van der Waals surface area contributed by atoms with Crippen LogP contribution < -0.4 is 10.2 Å². The van der Waals surface area contributed by atoms with Gasteiger partial charge in [-0.25, -0.2) is 8.42 Å². The van der Waals surface area contributed by atoms with Crippen molar-refractivity contribution in [2.24, 2.45) is 5.92 Å². The van der Waals surface area contributed by atoms with Gasteiger partial charge in [0.1, 0.15) is 0 Å². The fraction of sp³-hybridized carbons (Fsp3) is 0.333. The first kappa shape index (κ1) is 17.7. The number of para-hydroxylation sites is 1. The Kier molecular flexibility index (Phi) is 5.22. The molecule has 134 valence electrons. The van der Waals surface area contributed by atoms with E-state index in [1.54, 1.807) is 0 Å². The molecule has 7 heteroatoms. The first-order valence-corrected chi connectivity index (χ1v) is 9.67. The zero-order valence-electron chi connectivity index (χ0n) is 13.6. The van der Waals surface area contributed by atoms with Crippen molar-refractivity contribution in [3.05, 3.63) is 54.6 Å². The molecule has 0 bridgehead atoms. The standard InChI is InChI=1S/C18H20F2N2O2S/c19-18(20)25(23,24)17-8-6-15(7-9-17)21-12-14-10-11-22(13-14)16-4-2-1-3-5-16/h1-9,14,18,21H,10-13H2/t14-/m0/s1. The highest BCUT2D eigenvalue weighted by atomic mass is 32.2. The van der Waals surface area contributed by atoms with E-state index in [-0.39, 0.29) is 4.90 Å². The van der Waals surface area contributed by atoms with E-state index in [0.717, 1.165) is 31.7 Å². The van der Waals surface area contributed by atoms with Crippen LogP contribution in [0.1, 0.15) is 6.42 Å². The molecule has 1 heterocycles. The minimum absolute atomic E-state index is 0.357. The van der Waals surface area contributed by atoms with E-state index >= 15 is 0 Å². The average Bonchev–Trinajstić information content (AvgIpc) is 3.10. The van der Waals surface area contributed by atoms with E-state index < -0.39 is 15.6 Å². The Morgan fingerprint density at radius 2 is 1.76 bits per heavy atom. The molecule has 1 aliphatic heterocycles. The molecular formula is C18H20F2N2O2S. The van der Waals surface area contributed by atoms with Gasteiger partial charge < -0.3 is 10.2 Å². The molecule has 0 spiro atoms. The molecule has 0 aliphatic carbocycles. The molecule has 1 saturated heterocycles. The van der Waals surface area contributed by atoms with Crippen molar-refractivity contribution in [2.45, 2.75) is 17.1 Å². The number of sulfone groups is 1. The second-order valence-corrected chi connectivity index (χ2v) is 8.06. The molecule has 0 saturated carbocycles. The first-order chi connectivity index (χ1) is 12.0. The summed E-state index contributed by atoms with van der Waals surface area (Å²) in [6, 6.07) is 15.7. The zero-order valence-corrected chi connectivity index (χ0v) is 14.4. The highest BCUT2D eigenvalue weighted by Crippen LogP contribution is 2.24. The number of benzene rings is 2. The quantitative estimate of drug-likeness (QED) is 0.848. The average molecular weight is 366 g/mol. The van der Waals surface area contributed by atoms with Crippen LogP contribution in [0.15, 0.2) is 59.5 Å². The third kappa shape index (κ3) is 4.10. The molecule has 3 rings (SSSR count). The van der Waals surface area contributed by atoms with Gasteiger partial charge in [0.2, 0.25) is 9.84 Å². The van der Waals surface area contributed by atoms with Crippen molar-refractivity contribution >= 4 is 21.2 Å². The van der Waals surface area contributed by atoms with Crippen LogP contribution in [0.5, 0.6) is 0 Å². The lowest BCUT2D eigenvalue weighted by atomic mass is 10.1. The summed E-state index contributed by atoms with van der Waals surface area (Å²) in [7, 11) is -4.53. The Labute approximate surface area is 146 Å². The third-order valence-corrected chi connectivity index (χ3v) is 5.82. The van der Waals surface area contributed by atoms with Gasteiger partial charge >= 0.3 is 5.76 Å². The lowest BCUT2D eigenvalue weighted by Gasteiger charge is -2.19. The van der Waals surface area contributed by atoms with Gasteiger partial charge in [0, 0.05) is 31.0 Å². The van der Waals surface area contributed by atoms with Crippen LogP contribution in [-0.2, 0) is 9.84 Å². The Hall–Kier alpha value is -2.15. The van der Waals surface area contributed by atoms with Crippen molar-refractivity contribution in [3.8, 4) is 0 Å². The Balaban J connectivity index is 1.54. The number of halogens is 2. The van der Waals surface area contributed by atoms with Gasteiger partial charge in [0.15, 0.2) is 0 Å². The summed E-state index contributed by atoms with van der Waals surface area (Å²) in [5.41, 5.74) is 1.94. The summed E-state index contributed by atoms with van der Waals surface area (Å²) in [5.74, 6) is -2.92. The van der Waals surface area contributed by atoms with E-state index in [0.29, 0.717) is 5.92 Å². The van der Waals surface area contributed by atoms with Gasteiger partial charge in [-0.1, -0.05) is 18.2 Å². The summed E-state index contributed by atoms with van der Waals surface area (Å²) in [4.78, 5) is 1.98. The molecule has 1 N–H and O–H groups in total. The maximum Gasteiger partial charge on any atom is 0.341 e. The number of alkyl halides is 2. The van der Waals surface area contributed by atoms with Crippen molar-refractivity contribution in [2.75, 3.05) is 29.9 Å². The Bertz CT molecular complexity index is 796. The summed E-state index contributed by atoms with van der Waals surface area (Å²) in [5, 5.41) is 3.26. The smallest absolute Gasteiger partial charge is 0.341 e. The number of anilines is 2. The van der Waals surface area contributed by atoms with E-state index in [2.05, 4.69) is 22.3 Å². The molecule has 4 nitrogen and oxygen atoms in total. The summed E-state index contributed by atoms with van der Waals surface area (Å²) >= 11 is 0. The maximum absolute atomic E-state index is 12.5. The number of hydrogen-bond acceptors (Lipinski definition) is 4. The minimum atomic E-state index is -4.53. The fourth-order valence-corrected chi connectivity index (χ4v) is 3.72. The van der Waals surface area contributed by atoms with Crippen LogP contribution in [0.3, 0.4) is 0 Å². The summed E-state index contributed by atoms with van der Waals surface area (Å²) in [6.07, 6.45) is 1.07. The van der Waals surface area contributed by atoms with Gasteiger partial charge in [-0.05, 0) is 48.7 Å². The second kappa shape index (κ2) is 7.39. The molecule has 25 heavy (non-hydrogen) atoms. The second-order valence-electron chi connectivity index (χ2n) is 6.15. The maximum atomic E-state index is 12.5. The number of rotatable bonds is 6. The predicted octanol–water partition coefficient (Wildman–Crippen LogP) is 3.62. The molecule has 0 amide bonds. The van der Waals surface area contributed by atoms with Gasteiger partial charge in [0.25, 0.3) is 0 Å². The van der Waals surface area contributed by atoms with Crippen LogP contribution in [0.4, 0.5) is 20.2 Å². The molecule has 1 fully saturated rings. The normalized spacial score (nSPS) is 17.9. The van der Waals surface area contributed by atoms with E-state index in [1.165, 1.54) is 30.0 Å². The fourth-order valence-electron chi connectivity index (χ4n) is 3.00. The largest absolute Gasteiger partial charge is 0.385 e. The van der Waals surface area contributed by atoms with Crippen LogP contribution in [0, 0.1) is 5.92 Å². The zero-order chi connectivity index (χ0) is 17.9. The summed E-state index contributed by atoms with van der Waals surface area (Å²) < 4.78 is 47.8. The van der Waals surface area contributed by atoms with Crippen LogP contribution in [0.2, 0.25) is 0 Å². The molecule has 0 radical (unpaired) electrons. The van der Waals surface area contributed by atoms with Crippen molar-refractivity contribution in [3.63, 3.8) is 0 Å². The molecular weight excluding hydrogens is 346 g/mol. The number of nitrogens with zero attached hydrogens (tertiary/aromatic N) is 1. The van der Waals surface area contributed by atoms with Crippen LogP contribution in [-0.4, -0.2) is 33.8 Å². The lowest BCUT2D eigenvalue weighted by molar-refractivity contribution is 0.234. The molecule has 0 aromatic heterocycles. The predicted molar refractivity (Wildman–Crippen MR) is 94.9 cm³/mol. The van der Waals surface area contributed by atoms with Crippen LogP contribution in [0.25, 0.3) is 0 Å². The molecule has 0 unspecified atom stereocenters. The molecule has 1 atom stereocenters. The molecule has 1 aliphatic rings. The van der Waals surface area contributed by atoms with Gasteiger partial charge in [-0.3, -0.25) is 0 Å². The number of hydrogen-bond donors (Lipinski definition) is 1. The first-order valence-electron chi connectivity index (χ1n) is 8.13. The minimum Gasteiger partial charge on any atom is -0.385 e. The van der Waals surface area contributed by atoms with Crippen molar-refractivity contribution in [1.29, 1.82) is 0 Å². The van der Waals surface area contributed by atoms with Gasteiger partial charge in [-0.2, -0.15) is 8.78 Å².